The minimum absolute atomic E-state index is 0.127. The van der Waals surface area contributed by atoms with Crippen LogP contribution in [0.1, 0.15) is 36.9 Å². The number of amides is 1. The second kappa shape index (κ2) is 5.39. The van der Waals surface area contributed by atoms with Crippen molar-refractivity contribution in [1.29, 1.82) is 0 Å². The molecule has 2 aromatic heterocycles. The summed E-state index contributed by atoms with van der Waals surface area (Å²) in [6, 6.07) is 8.53. The zero-order chi connectivity index (χ0) is 16.6. The number of H-pyrrole nitrogens is 1. The zero-order valence-electron chi connectivity index (χ0n) is 13.1. The number of aromatic nitrogens is 2. The molecular formula is C17H17N3O3. The van der Waals surface area contributed by atoms with Crippen LogP contribution in [0.4, 0.5) is 5.69 Å². The summed E-state index contributed by atoms with van der Waals surface area (Å²) in [6.45, 7) is 6.17. The Morgan fingerprint density at radius 3 is 2.65 bits per heavy atom. The maximum atomic E-state index is 12.0. The maximum Gasteiger partial charge on any atom is 0.294 e. The Bertz CT molecular complexity index is 918. The van der Waals surface area contributed by atoms with Crippen molar-refractivity contribution in [3.63, 3.8) is 0 Å². The normalized spacial score (nSPS) is 11.6. The molecule has 0 saturated carbocycles. The van der Waals surface area contributed by atoms with Crippen molar-refractivity contribution < 1.29 is 9.32 Å². The molecule has 0 bridgehead atoms. The molecule has 0 aliphatic heterocycles. The number of benzene rings is 1. The number of pyridine rings is 1. The Morgan fingerprint density at radius 2 is 2.00 bits per heavy atom. The fourth-order valence-corrected chi connectivity index (χ4v) is 2.48. The number of aromatic amines is 1. The molecule has 6 heteroatoms. The summed E-state index contributed by atoms with van der Waals surface area (Å²) in [7, 11) is 0. The van der Waals surface area contributed by atoms with Gasteiger partial charge in [0.2, 0.25) is 11.3 Å². The third-order valence-electron chi connectivity index (χ3n) is 3.57. The van der Waals surface area contributed by atoms with Crippen LogP contribution in [-0.4, -0.2) is 16.0 Å². The minimum Gasteiger partial charge on any atom is -0.351 e. The van der Waals surface area contributed by atoms with E-state index < -0.39 is 5.91 Å². The fraction of sp³-hybridized carbons (Fsp3) is 0.235. The lowest BCUT2D eigenvalue weighted by molar-refractivity contribution is 0.0988. The van der Waals surface area contributed by atoms with Crippen LogP contribution in [0.3, 0.4) is 0 Å². The standard InChI is InChI=1S/C17H17N3O3/c1-17(2,3)12-9-15(21)20-13-8-10(4-5-11(12)13)19-16(22)14-6-7-18-23-14/h4-9H,1-3H3,(H,19,22)(H,20,21). The Hall–Kier alpha value is -2.89. The van der Waals surface area contributed by atoms with Crippen LogP contribution in [0.15, 0.2) is 45.8 Å². The Balaban J connectivity index is 2.03. The molecular weight excluding hydrogens is 294 g/mol. The van der Waals surface area contributed by atoms with Gasteiger partial charge in [0, 0.05) is 23.2 Å². The highest BCUT2D eigenvalue weighted by Gasteiger charge is 2.18. The number of carbonyl (C=O) groups excluding carboxylic acids is 1. The van der Waals surface area contributed by atoms with Gasteiger partial charge in [-0.1, -0.05) is 32.0 Å². The van der Waals surface area contributed by atoms with E-state index in [1.165, 1.54) is 12.3 Å². The van der Waals surface area contributed by atoms with Gasteiger partial charge in [0.05, 0.1) is 11.7 Å². The van der Waals surface area contributed by atoms with Crippen LogP contribution in [0, 0.1) is 0 Å². The number of nitrogens with zero attached hydrogens (tertiary/aromatic N) is 1. The molecule has 0 spiro atoms. The monoisotopic (exact) mass is 311 g/mol. The van der Waals surface area contributed by atoms with Crippen LogP contribution in [-0.2, 0) is 5.41 Å². The zero-order valence-corrected chi connectivity index (χ0v) is 13.1. The van der Waals surface area contributed by atoms with Gasteiger partial charge in [-0.2, -0.15) is 0 Å². The topological polar surface area (TPSA) is 88.0 Å². The highest BCUT2D eigenvalue weighted by Crippen LogP contribution is 2.29. The summed E-state index contributed by atoms with van der Waals surface area (Å²) in [5.74, 6) is -0.266. The van der Waals surface area contributed by atoms with Gasteiger partial charge < -0.3 is 14.8 Å². The van der Waals surface area contributed by atoms with Crippen LogP contribution in [0.5, 0.6) is 0 Å². The SMILES string of the molecule is CC(C)(C)c1cc(=O)[nH]c2cc(NC(=O)c3ccno3)ccc12. The predicted octanol–water partition coefficient (Wildman–Crippen LogP) is 3.07. The third kappa shape index (κ3) is 3.01. The second-order valence-corrected chi connectivity index (χ2v) is 6.39. The number of nitrogens with one attached hydrogen (secondary N) is 2. The lowest BCUT2D eigenvalue weighted by atomic mass is 9.85. The molecule has 0 saturated heterocycles. The summed E-state index contributed by atoms with van der Waals surface area (Å²) >= 11 is 0. The van der Waals surface area contributed by atoms with Crippen LogP contribution < -0.4 is 10.9 Å². The van der Waals surface area contributed by atoms with E-state index in [4.69, 9.17) is 4.52 Å². The van der Waals surface area contributed by atoms with Gasteiger partial charge in [-0.3, -0.25) is 9.59 Å². The lowest BCUT2D eigenvalue weighted by Gasteiger charge is -2.21. The van der Waals surface area contributed by atoms with Crippen molar-refractivity contribution >= 4 is 22.5 Å². The summed E-state index contributed by atoms with van der Waals surface area (Å²) in [5, 5.41) is 7.17. The fourth-order valence-electron chi connectivity index (χ4n) is 2.48. The van der Waals surface area contributed by atoms with E-state index in [9.17, 15) is 9.59 Å². The molecule has 23 heavy (non-hydrogen) atoms. The highest BCUT2D eigenvalue weighted by molar-refractivity contribution is 6.03. The molecule has 2 N–H and O–H groups in total. The molecule has 0 atom stereocenters. The first-order valence-corrected chi connectivity index (χ1v) is 7.24. The molecule has 0 unspecified atom stereocenters. The smallest absolute Gasteiger partial charge is 0.294 e. The molecule has 2 heterocycles. The van der Waals surface area contributed by atoms with Crippen molar-refractivity contribution in [2.45, 2.75) is 26.2 Å². The average Bonchev–Trinajstić information content (AvgIpc) is 2.99. The second-order valence-electron chi connectivity index (χ2n) is 6.39. The highest BCUT2D eigenvalue weighted by atomic mass is 16.5. The van der Waals surface area contributed by atoms with Gasteiger partial charge >= 0.3 is 0 Å². The number of rotatable bonds is 2. The van der Waals surface area contributed by atoms with Crippen molar-refractivity contribution in [2.24, 2.45) is 0 Å². The molecule has 0 fully saturated rings. The average molecular weight is 311 g/mol. The summed E-state index contributed by atoms with van der Waals surface area (Å²) in [4.78, 5) is 26.7. The van der Waals surface area contributed by atoms with E-state index in [0.717, 1.165) is 10.9 Å². The molecule has 0 radical (unpaired) electrons. The number of anilines is 1. The number of carbonyl (C=O) groups is 1. The van der Waals surface area contributed by atoms with Gasteiger partial charge in [0.25, 0.3) is 5.91 Å². The van der Waals surface area contributed by atoms with Crippen molar-refractivity contribution in [1.82, 2.24) is 10.1 Å². The summed E-state index contributed by atoms with van der Waals surface area (Å²) in [5.41, 5.74) is 1.89. The largest absolute Gasteiger partial charge is 0.351 e. The quantitative estimate of drug-likeness (QED) is 0.761. The first-order chi connectivity index (χ1) is 10.8. The van der Waals surface area contributed by atoms with E-state index in [2.05, 4.69) is 36.2 Å². The molecule has 0 aliphatic carbocycles. The molecule has 6 nitrogen and oxygen atoms in total. The third-order valence-corrected chi connectivity index (χ3v) is 3.57. The lowest BCUT2D eigenvalue weighted by Crippen LogP contribution is -2.17. The van der Waals surface area contributed by atoms with E-state index in [0.29, 0.717) is 11.2 Å². The van der Waals surface area contributed by atoms with Gasteiger partial charge in [-0.05, 0) is 23.1 Å². The molecule has 3 rings (SSSR count). The van der Waals surface area contributed by atoms with Crippen LogP contribution >= 0.6 is 0 Å². The van der Waals surface area contributed by atoms with E-state index in [1.807, 2.05) is 6.07 Å². The molecule has 3 aromatic rings. The van der Waals surface area contributed by atoms with E-state index in [-0.39, 0.29) is 16.7 Å². The number of fused-ring (bicyclic) bond motifs is 1. The predicted molar refractivity (Wildman–Crippen MR) is 87.7 cm³/mol. The Labute approximate surface area is 132 Å². The minimum atomic E-state index is -0.392. The van der Waals surface area contributed by atoms with Crippen LogP contribution in [0.2, 0.25) is 0 Å². The van der Waals surface area contributed by atoms with E-state index in [1.54, 1.807) is 18.2 Å². The molecule has 118 valence electrons. The van der Waals surface area contributed by atoms with Gasteiger partial charge in [-0.25, -0.2) is 0 Å². The number of hydrogen-bond acceptors (Lipinski definition) is 4. The van der Waals surface area contributed by atoms with Crippen molar-refractivity contribution in [3.05, 3.63) is 58.2 Å². The van der Waals surface area contributed by atoms with Gasteiger partial charge in [-0.15, -0.1) is 0 Å². The number of hydrogen-bond donors (Lipinski definition) is 2. The first-order valence-electron chi connectivity index (χ1n) is 7.24. The molecule has 0 aliphatic rings. The first kappa shape index (κ1) is 15.0. The Morgan fingerprint density at radius 1 is 1.22 bits per heavy atom. The molecule has 1 amide bonds. The molecule has 1 aromatic carbocycles. The Kier molecular flexibility index (Phi) is 3.52. The van der Waals surface area contributed by atoms with E-state index >= 15 is 0 Å². The maximum absolute atomic E-state index is 12.0. The summed E-state index contributed by atoms with van der Waals surface area (Å²) < 4.78 is 4.82. The van der Waals surface area contributed by atoms with Crippen molar-refractivity contribution in [2.75, 3.05) is 5.32 Å². The van der Waals surface area contributed by atoms with Crippen LogP contribution in [0.25, 0.3) is 10.9 Å². The van der Waals surface area contributed by atoms with Gasteiger partial charge in [0.15, 0.2) is 0 Å². The van der Waals surface area contributed by atoms with Gasteiger partial charge in [0.1, 0.15) is 0 Å². The summed E-state index contributed by atoms with van der Waals surface area (Å²) in [6.07, 6.45) is 1.41. The van der Waals surface area contributed by atoms with Crippen molar-refractivity contribution in [3.8, 4) is 0 Å².